The summed E-state index contributed by atoms with van der Waals surface area (Å²) < 4.78 is 5.42. The zero-order chi connectivity index (χ0) is 14.3. The van der Waals surface area contributed by atoms with Crippen LogP contribution in [0.25, 0.3) is 0 Å². The molecular formula is C15H21NO3. The van der Waals surface area contributed by atoms with E-state index in [4.69, 9.17) is 4.74 Å². The van der Waals surface area contributed by atoms with Crippen LogP contribution in [0, 0.1) is 0 Å². The van der Waals surface area contributed by atoms with Gasteiger partial charge in [0.1, 0.15) is 5.60 Å². The number of fused-ring (bicyclic) bond motifs is 1. The number of amides is 1. The Morgan fingerprint density at radius 2 is 2.05 bits per heavy atom. The lowest BCUT2D eigenvalue weighted by Crippen LogP contribution is -2.40. The molecule has 0 fully saturated rings. The molecule has 0 spiro atoms. The number of benzene rings is 1. The van der Waals surface area contributed by atoms with Crippen molar-refractivity contribution >= 4 is 11.8 Å². The number of anilines is 1. The number of nitrogens with zero attached hydrogens (tertiary/aromatic N) is 1. The predicted octanol–water partition coefficient (Wildman–Crippen LogP) is 2.69. The van der Waals surface area contributed by atoms with E-state index in [1.54, 1.807) is 4.90 Å². The first-order valence-corrected chi connectivity index (χ1v) is 6.48. The monoisotopic (exact) mass is 263 g/mol. The molecule has 0 saturated carbocycles. The van der Waals surface area contributed by atoms with Crippen molar-refractivity contribution in [1.29, 1.82) is 0 Å². The molecule has 0 aliphatic carbocycles. The first kappa shape index (κ1) is 13.9. The molecule has 0 saturated heterocycles. The highest BCUT2D eigenvalue weighted by atomic mass is 16.6. The third-order valence-electron chi connectivity index (χ3n) is 3.32. The SMILES string of the molecule is CC(C)(C)OC(=O)N1CC(C)(CO)c2ccccc21. The highest BCUT2D eigenvalue weighted by molar-refractivity contribution is 5.91. The number of aliphatic hydroxyl groups excluding tert-OH is 1. The van der Waals surface area contributed by atoms with Crippen molar-refractivity contribution in [3.05, 3.63) is 29.8 Å². The summed E-state index contributed by atoms with van der Waals surface area (Å²) >= 11 is 0. The van der Waals surface area contributed by atoms with Gasteiger partial charge in [0.2, 0.25) is 0 Å². The van der Waals surface area contributed by atoms with Crippen LogP contribution in [-0.2, 0) is 10.2 Å². The number of hydrogen-bond acceptors (Lipinski definition) is 3. The number of para-hydroxylation sites is 1. The summed E-state index contributed by atoms with van der Waals surface area (Å²) in [5.41, 5.74) is 0.870. The van der Waals surface area contributed by atoms with E-state index in [0.29, 0.717) is 6.54 Å². The molecule has 0 aromatic heterocycles. The van der Waals surface area contributed by atoms with Gasteiger partial charge in [-0.25, -0.2) is 4.79 Å². The number of carbonyl (C=O) groups excluding carboxylic acids is 1. The lowest BCUT2D eigenvalue weighted by molar-refractivity contribution is 0.0575. The van der Waals surface area contributed by atoms with Crippen LogP contribution < -0.4 is 4.90 Å². The number of hydrogen-bond donors (Lipinski definition) is 1. The Hall–Kier alpha value is -1.55. The van der Waals surface area contributed by atoms with Gasteiger partial charge in [0.15, 0.2) is 0 Å². The first-order chi connectivity index (χ1) is 8.77. The van der Waals surface area contributed by atoms with Crippen LogP contribution in [0.1, 0.15) is 33.3 Å². The Kier molecular flexibility index (Phi) is 3.31. The van der Waals surface area contributed by atoms with Gasteiger partial charge in [-0.05, 0) is 32.4 Å². The van der Waals surface area contributed by atoms with Crippen molar-refractivity contribution in [2.24, 2.45) is 0 Å². The standard InChI is InChI=1S/C15H21NO3/c1-14(2,3)19-13(18)16-9-15(4,10-17)11-7-5-6-8-12(11)16/h5-8,17H,9-10H2,1-4H3. The van der Waals surface area contributed by atoms with Gasteiger partial charge in [0, 0.05) is 12.0 Å². The Bertz CT molecular complexity index is 492. The number of rotatable bonds is 1. The highest BCUT2D eigenvalue weighted by Crippen LogP contribution is 2.40. The molecule has 4 heteroatoms. The molecule has 1 heterocycles. The summed E-state index contributed by atoms with van der Waals surface area (Å²) in [6.07, 6.45) is -0.364. The Morgan fingerprint density at radius 1 is 1.42 bits per heavy atom. The third kappa shape index (κ3) is 2.59. The van der Waals surface area contributed by atoms with Gasteiger partial charge < -0.3 is 9.84 Å². The molecule has 1 aromatic carbocycles. The number of ether oxygens (including phenoxy) is 1. The molecule has 2 rings (SSSR count). The summed E-state index contributed by atoms with van der Waals surface area (Å²) in [7, 11) is 0. The summed E-state index contributed by atoms with van der Waals surface area (Å²) in [6, 6.07) is 7.65. The molecule has 104 valence electrons. The van der Waals surface area contributed by atoms with Gasteiger partial charge in [-0.15, -0.1) is 0 Å². The zero-order valence-electron chi connectivity index (χ0n) is 11.9. The van der Waals surface area contributed by atoms with Crippen molar-refractivity contribution < 1.29 is 14.6 Å². The molecule has 1 atom stereocenters. The van der Waals surface area contributed by atoms with Gasteiger partial charge in [-0.3, -0.25) is 4.90 Å². The molecule has 19 heavy (non-hydrogen) atoms. The minimum atomic E-state index is -0.524. The highest BCUT2D eigenvalue weighted by Gasteiger charge is 2.42. The zero-order valence-corrected chi connectivity index (χ0v) is 11.9. The van der Waals surface area contributed by atoms with Gasteiger partial charge in [0.25, 0.3) is 0 Å². The quantitative estimate of drug-likeness (QED) is 0.847. The van der Waals surface area contributed by atoms with E-state index in [1.807, 2.05) is 52.0 Å². The minimum Gasteiger partial charge on any atom is -0.443 e. The smallest absolute Gasteiger partial charge is 0.414 e. The molecule has 0 bridgehead atoms. The lowest BCUT2D eigenvalue weighted by Gasteiger charge is -2.26. The number of aliphatic hydroxyl groups is 1. The van der Waals surface area contributed by atoms with Gasteiger partial charge in [-0.1, -0.05) is 25.1 Å². The largest absolute Gasteiger partial charge is 0.443 e. The van der Waals surface area contributed by atoms with E-state index in [9.17, 15) is 9.90 Å². The lowest BCUT2D eigenvalue weighted by atomic mass is 9.86. The van der Waals surface area contributed by atoms with Crippen molar-refractivity contribution in [3.8, 4) is 0 Å². The van der Waals surface area contributed by atoms with Crippen LogP contribution >= 0.6 is 0 Å². The van der Waals surface area contributed by atoms with Crippen molar-refractivity contribution in [2.45, 2.75) is 38.7 Å². The summed E-state index contributed by atoms with van der Waals surface area (Å²) in [5, 5.41) is 9.63. The third-order valence-corrected chi connectivity index (χ3v) is 3.32. The van der Waals surface area contributed by atoms with Gasteiger partial charge in [-0.2, -0.15) is 0 Å². The molecule has 1 aliphatic rings. The molecule has 0 radical (unpaired) electrons. The van der Waals surface area contributed by atoms with Crippen molar-refractivity contribution in [3.63, 3.8) is 0 Å². The average Bonchev–Trinajstić information content (AvgIpc) is 2.63. The van der Waals surface area contributed by atoms with Crippen molar-refractivity contribution in [2.75, 3.05) is 18.1 Å². The minimum absolute atomic E-state index is 0.00328. The molecule has 1 amide bonds. The molecule has 1 aliphatic heterocycles. The second kappa shape index (κ2) is 4.53. The van der Waals surface area contributed by atoms with E-state index in [-0.39, 0.29) is 12.7 Å². The fourth-order valence-electron chi connectivity index (χ4n) is 2.35. The van der Waals surface area contributed by atoms with Crippen molar-refractivity contribution in [1.82, 2.24) is 0 Å². The normalized spacial score (nSPS) is 22.3. The molecule has 1 aromatic rings. The van der Waals surface area contributed by atoms with Gasteiger partial charge in [0.05, 0.1) is 12.3 Å². The maximum Gasteiger partial charge on any atom is 0.414 e. The Morgan fingerprint density at radius 3 is 2.63 bits per heavy atom. The first-order valence-electron chi connectivity index (χ1n) is 6.48. The second-order valence-corrected chi connectivity index (χ2v) is 6.30. The molecular weight excluding hydrogens is 242 g/mol. The van der Waals surface area contributed by atoms with Crippen LogP contribution in [0.3, 0.4) is 0 Å². The maximum atomic E-state index is 12.2. The van der Waals surface area contributed by atoms with E-state index >= 15 is 0 Å². The second-order valence-electron chi connectivity index (χ2n) is 6.30. The predicted molar refractivity (Wildman–Crippen MR) is 74.5 cm³/mol. The molecule has 1 N–H and O–H groups in total. The Balaban J connectivity index is 2.33. The summed E-state index contributed by atoms with van der Waals surface area (Å²) in [4.78, 5) is 13.9. The van der Waals surface area contributed by atoms with Crippen LogP contribution in [-0.4, -0.2) is 30.0 Å². The van der Waals surface area contributed by atoms with Crippen LogP contribution in [0.4, 0.5) is 10.5 Å². The topological polar surface area (TPSA) is 49.8 Å². The van der Waals surface area contributed by atoms with Gasteiger partial charge >= 0.3 is 6.09 Å². The number of carbonyl (C=O) groups is 1. The summed E-state index contributed by atoms with van der Waals surface area (Å²) in [5.74, 6) is 0. The fourth-order valence-corrected chi connectivity index (χ4v) is 2.35. The molecule has 4 nitrogen and oxygen atoms in total. The average molecular weight is 263 g/mol. The molecule has 1 unspecified atom stereocenters. The van der Waals surface area contributed by atoms with E-state index in [2.05, 4.69) is 0 Å². The fraction of sp³-hybridized carbons (Fsp3) is 0.533. The van der Waals surface area contributed by atoms with Crippen LogP contribution in [0.15, 0.2) is 24.3 Å². The Labute approximate surface area is 114 Å². The van der Waals surface area contributed by atoms with E-state index in [0.717, 1.165) is 11.3 Å². The van der Waals surface area contributed by atoms with Crippen LogP contribution in [0.2, 0.25) is 0 Å². The van der Waals surface area contributed by atoms with E-state index in [1.165, 1.54) is 0 Å². The van der Waals surface area contributed by atoms with E-state index < -0.39 is 11.0 Å². The van der Waals surface area contributed by atoms with Crippen LogP contribution in [0.5, 0.6) is 0 Å². The summed E-state index contributed by atoms with van der Waals surface area (Å²) in [6.45, 7) is 7.94. The maximum absolute atomic E-state index is 12.2.